The predicted molar refractivity (Wildman–Crippen MR) is 110 cm³/mol. The first-order valence-electron chi connectivity index (χ1n) is 8.86. The van der Waals surface area contributed by atoms with Crippen molar-refractivity contribution in [3.05, 3.63) is 69.8 Å². The van der Waals surface area contributed by atoms with E-state index >= 15 is 0 Å². The van der Waals surface area contributed by atoms with Crippen LogP contribution in [0.15, 0.2) is 36.4 Å². The van der Waals surface area contributed by atoms with Crippen LogP contribution in [0, 0.1) is 13.8 Å². The summed E-state index contributed by atoms with van der Waals surface area (Å²) in [6, 6.07) is 10.1. The Hall–Kier alpha value is -2.70. The van der Waals surface area contributed by atoms with E-state index in [1.807, 2.05) is 26.0 Å². The number of nitrogens with two attached hydrogens (primary N) is 1. The summed E-state index contributed by atoms with van der Waals surface area (Å²) >= 11 is 0. The molecule has 0 saturated heterocycles. The lowest BCUT2D eigenvalue weighted by molar-refractivity contribution is 0.0644. The van der Waals surface area contributed by atoms with Gasteiger partial charge < -0.3 is 11.1 Å². The van der Waals surface area contributed by atoms with E-state index in [0.717, 1.165) is 16.7 Å². The van der Waals surface area contributed by atoms with Crippen LogP contribution in [0.25, 0.3) is 0 Å². The molecule has 0 spiro atoms. The van der Waals surface area contributed by atoms with Crippen molar-refractivity contribution in [2.24, 2.45) is 5.73 Å². The molecule has 0 aliphatic carbocycles. The van der Waals surface area contributed by atoms with Crippen molar-refractivity contribution in [3.8, 4) is 0 Å². The second-order valence-electron chi connectivity index (χ2n) is 6.90. The number of carbonyl (C=O) groups is 3. The number of aryl methyl sites for hydroxylation is 2. The standard InChI is InChI=1S/C21H23N3O3.ClH/c1-12-8-14(19(25)23-3)9-13(2)18(12)10-15(22)11-24-20(26)16-6-4-5-7-17(16)21(24)27;/h4-9,15H,10-11,22H2,1-3H3,(H,23,25);1H/t15-;/m0./s1. The van der Waals surface area contributed by atoms with Crippen LogP contribution in [0.4, 0.5) is 0 Å². The fourth-order valence-corrected chi connectivity index (χ4v) is 3.56. The number of halogens is 1. The van der Waals surface area contributed by atoms with Crippen molar-refractivity contribution in [1.82, 2.24) is 10.2 Å². The average molecular weight is 402 g/mol. The Morgan fingerprint density at radius 1 is 1.07 bits per heavy atom. The lowest BCUT2D eigenvalue weighted by Crippen LogP contribution is -2.42. The van der Waals surface area contributed by atoms with Gasteiger partial charge in [-0.1, -0.05) is 12.1 Å². The SMILES string of the molecule is CNC(=O)c1cc(C)c(C[C@H](N)CN2C(=O)c3ccccc3C2=O)c(C)c1.Cl. The van der Waals surface area contributed by atoms with Gasteiger partial charge in [0.1, 0.15) is 0 Å². The molecule has 0 bridgehead atoms. The highest BCUT2D eigenvalue weighted by atomic mass is 35.5. The molecule has 28 heavy (non-hydrogen) atoms. The Balaban J connectivity index is 0.00000280. The molecular weight excluding hydrogens is 378 g/mol. The van der Waals surface area contributed by atoms with Crippen molar-refractivity contribution in [2.45, 2.75) is 26.3 Å². The molecular formula is C21H24ClN3O3. The first kappa shape index (κ1) is 21.6. The van der Waals surface area contributed by atoms with Gasteiger partial charge in [-0.2, -0.15) is 0 Å². The third kappa shape index (κ3) is 3.93. The summed E-state index contributed by atoms with van der Waals surface area (Å²) in [4.78, 5) is 38.0. The number of hydrogen-bond donors (Lipinski definition) is 2. The average Bonchev–Trinajstić information content (AvgIpc) is 2.89. The molecule has 1 aliphatic heterocycles. The first-order valence-corrected chi connectivity index (χ1v) is 8.86. The van der Waals surface area contributed by atoms with E-state index in [2.05, 4.69) is 5.32 Å². The van der Waals surface area contributed by atoms with Gasteiger partial charge in [-0.15, -0.1) is 12.4 Å². The summed E-state index contributed by atoms with van der Waals surface area (Å²) in [5.41, 5.74) is 10.7. The van der Waals surface area contributed by atoms with Gasteiger partial charge in [0.25, 0.3) is 17.7 Å². The van der Waals surface area contributed by atoms with Crippen LogP contribution < -0.4 is 11.1 Å². The zero-order valence-electron chi connectivity index (χ0n) is 16.1. The number of imide groups is 1. The molecule has 0 unspecified atom stereocenters. The number of carbonyl (C=O) groups excluding carboxylic acids is 3. The van der Waals surface area contributed by atoms with E-state index in [1.54, 1.807) is 31.3 Å². The Morgan fingerprint density at radius 2 is 1.57 bits per heavy atom. The van der Waals surface area contributed by atoms with Gasteiger partial charge in [0, 0.05) is 25.2 Å². The monoisotopic (exact) mass is 401 g/mol. The molecule has 1 aliphatic rings. The van der Waals surface area contributed by atoms with Crippen LogP contribution in [0.1, 0.15) is 47.8 Å². The molecule has 0 aromatic heterocycles. The lowest BCUT2D eigenvalue weighted by atomic mass is 9.94. The van der Waals surface area contributed by atoms with Gasteiger partial charge in [-0.25, -0.2) is 0 Å². The maximum absolute atomic E-state index is 12.5. The number of amides is 3. The fourth-order valence-electron chi connectivity index (χ4n) is 3.56. The molecule has 6 nitrogen and oxygen atoms in total. The van der Waals surface area contributed by atoms with E-state index in [9.17, 15) is 14.4 Å². The van der Waals surface area contributed by atoms with Gasteiger partial charge in [0.05, 0.1) is 11.1 Å². The predicted octanol–water partition coefficient (Wildman–Crippen LogP) is 2.25. The first-order chi connectivity index (χ1) is 12.8. The summed E-state index contributed by atoms with van der Waals surface area (Å²) < 4.78 is 0. The zero-order chi connectivity index (χ0) is 19.7. The maximum atomic E-state index is 12.5. The highest BCUT2D eigenvalue weighted by molar-refractivity contribution is 6.21. The minimum atomic E-state index is -0.393. The lowest BCUT2D eigenvalue weighted by Gasteiger charge is -2.21. The topological polar surface area (TPSA) is 92.5 Å². The van der Waals surface area contributed by atoms with Gasteiger partial charge in [0.2, 0.25) is 0 Å². The Kier molecular flexibility index (Phi) is 6.59. The van der Waals surface area contributed by atoms with Crippen molar-refractivity contribution < 1.29 is 14.4 Å². The maximum Gasteiger partial charge on any atom is 0.261 e. The van der Waals surface area contributed by atoms with Gasteiger partial charge in [0.15, 0.2) is 0 Å². The summed E-state index contributed by atoms with van der Waals surface area (Å²) in [5, 5.41) is 2.62. The molecule has 148 valence electrons. The number of rotatable bonds is 5. The molecule has 3 rings (SSSR count). The van der Waals surface area contributed by atoms with Crippen molar-refractivity contribution in [3.63, 3.8) is 0 Å². The van der Waals surface area contributed by atoms with Crippen molar-refractivity contribution in [1.29, 1.82) is 0 Å². The molecule has 3 amide bonds. The number of benzene rings is 2. The second kappa shape index (κ2) is 8.54. The van der Waals surface area contributed by atoms with Crippen LogP contribution in [0.2, 0.25) is 0 Å². The normalized spacial score (nSPS) is 13.8. The number of nitrogens with zero attached hydrogens (tertiary/aromatic N) is 1. The summed E-state index contributed by atoms with van der Waals surface area (Å²) in [6.07, 6.45) is 0.513. The largest absolute Gasteiger partial charge is 0.355 e. The Morgan fingerprint density at radius 3 is 2.04 bits per heavy atom. The summed E-state index contributed by atoms with van der Waals surface area (Å²) in [5.74, 6) is -0.730. The zero-order valence-corrected chi connectivity index (χ0v) is 16.9. The van der Waals surface area contributed by atoms with Gasteiger partial charge >= 0.3 is 0 Å². The quantitative estimate of drug-likeness (QED) is 0.751. The molecule has 2 aromatic rings. The highest BCUT2D eigenvalue weighted by Gasteiger charge is 2.35. The van der Waals surface area contributed by atoms with Crippen molar-refractivity contribution in [2.75, 3.05) is 13.6 Å². The number of nitrogens with one attached hydrogen (secondary N) is 1. The summed E-state index contributed by atoms with van der Waals surface area (Å²) in [7, 11) is 1.60. The third-order valence-electron chi connectivity index (χ3n) is 4.95. The van der Waals surface area contributed by atoms with Crippen molar-refractivity contribution >= 4 is 30.1 Å². The number of fused-ring (bicyclic) bond motifs is 1. The molecule has 2 aromatic carbocycles. The van der Waals surface area contributed by atoms with Crippen LogP contribution in [0.5, 0.6) is 0 Å². The van der Waals surface area contributed by atoms with Gasteiger partial charge in [-0.3, -0.25) is 19.3 Å². The van der Waals surface area contributed by atoms with E-state index in [4.69, 9.17) is 5.73 Å². The smallest absolute Gasteiger partial charge is 0.261 e. The minimum absolute atomic E-state index is 0. The molecule has 0 saturated carbocycles. The minimum Gasteiger partial charge on any atom is -0.355 e. The summed E-state index contributed by atoms with van der Waals surface area (Å²) in [6.45, 7) is 4.02. The Labute approximate surface area is 170 Å². The second-order valence-corrected chi connectivity index (χ2v) is 6.90. The molecule has 3 N–H and O–H groups in total. The molecule has 1 heterocycles. The van der Waals surface area contributed by atoms with Crippen LogP contribution >= 0.6 is 12.4 Å². The van der Waals surface area contributed by atoms with E-state index < -0.39 is 6.04 Å². The van der Waals surface area contributed by atoms with E-state index in [-0.39, 0.29) is 36.7 Å². The fraction of sp³-hybridized carbons (Fsp3) is 0.286. The molecule has 0 fully saturated rings. The van der Waals surface area contributed by atoms with Crippen LogP contribution in [-0.2, 0) is 6.42 Å². The van der Waals surface area contributed by atoms with Crippen LogP contribution in [0.3, 0.4) is 0 Å². The highest BCUT2D eigenvalue weighted by Crippen LogP contribution is 2.24. The van der Waals surface area contributed by atoms with E-state index in [1.165, 1.54) is 4.90 Å². The van der Waals surface area contributed by atoms with Crippen LogP contribution in [-0.4, -0.2) is 42.3 Å². The Bertz CT molecular complexity index is 884. The molecule has 1 atom stereocenters. The molecule has 0 radical (unpaired) electrons. The van der Waals surface area contributed by atoms with E-state index in [0.29, 0.717) is 23.1 Å². The molecule has 7 heteroatoms. The van der Waals surface area contributed by atoms with Gasteiger partial charge in [-0.05, 0) is 61.2 Å². The number of hydrogen-bond acceptors (Lipinski definition) is 4. The third-order valence-corrected chi connectivity index (χ3v) is 4.95.